The molecule has 0 heterocycles. The molecule has 1 aliphatic rings. The Morgan fingerprint density at radius 3 is 2.50 bits per heavy atom. The van der Waals surface area contributed by atoms with Crippen LogP contribution < -0.4 is 5.32 Å². The van der Waals surface area contributed by atoms with E-state index in [0.29, 0.717) is 5.92 Å². The maximum absolute atomic E-state index is 9.75. The van der Waals surface area contributed by atoms with Crippen molar-refractivity contribution < 1.29 is 5.11 Å². The lowest BCUT2D eigenvalue weighted by atomic mass is 9.77. The average Bonchev–Trinajstić information content (AvgIpc) is 2.50. The molecule has 0 aromatic heterocycles. The van der Waals surface area contributed by atoms with Gasteiger partial charge in [0, 0.05) is 5.54 Å². The van der Waals surface area contributed by atoms with Crippen LogP contribution in [-0.2, 0) is 0 Å². The Kier molecular flexibility index (Phi) is 5.62. The molecule has 0 amide bonds. The second kappa shape index (κ2) is 7.24. The van der Waals surface area contributed by atoms with E-state index < -0.39 is 0 Å². The van der Waals surface area contributed by atoms with E-state index in [4.69, 9.17) is 0 Å². The van der Waals surface area contributed by atoms with Crippen molar-refractivity contribution in [3.8, 4) is 0 Å². The number of benzene rings is 1. The number of aliphatic hydroxyl groups is 1. The number of hydrogen-bond acceptors (Lipinski definition) is 2. The van der Waals surface area contributed by atoms with Crippen LogP contribution in [0.4, 0.5) is 0 Å². The third kappa shape index (κ3) is 4.07. The lowest BCUT2D eigenvalue weighted by Crippen LogP contribution is -2.51. The fourth-order valence-corrected chi connectivity index (χ4v) is 3.21. The molecule has 2 rings (SSSR count). The number of nitrogens with one attached hydrogen (secondary N) is 1. The molecule has 112 valence electrons. The average molecular weight is 275 g/mol. The predicted molar refractivity (Wildman–Crippen MR) is 84.9 cm³/mol. The second-order valence-corrected chi connectivity index (χ2v) is 6.65. The number of aliphatic hydroxyl groups excluding tert-OH is 1. The Bertz CT molecular complexity index is 382. The summed E-state index contributed by atoms with van der Waals surface area (Å²) in [6.45, 7) is 5.87. The van der Waals surface area contributed by atoms with E-state index in [0.717, 1.165) is 31.7 Å². The molecule has 0 spiro atoms. The summed E-state index contributed by atoms with van der Waals surface area (Å²) in [5.74, 6) is 1.39. The van der Waals surface area contributed by atoms with Crippen LogP contribution in [0.3, 0.4) is 0 Å². The molecule has 1 aliphatic carbocycles. The van der Waals surface area contributed by atoms with Gasteiger partial charge < -0.3 is 10.4 Å². The van der Waals surface area contributed by atoms with Crippen LogP contribution in [0.15, 0.2) is 30.3 Å². The van der Waals surface area contributed by atoms with Gasteiger partial charge in [0.25, 0.3) is 0 Å². The van der Waals surface area contributed by atoms with Gasteiger partial charge in [-0.3, -0.25) is 0 Å². The first-order chi connectivity index (χ1) is 9.65. The maximum Gasteiger partial charge on any atom is 0.0613 e. The summed E-state index contributed by atoms with van der Waals surface area (Å²) in [7, 11) is 0. The van der Waals surface area contributed by atoms with Crippen molar-refractivity contribution in [2.24, 2.45) is 5.92 Å². The van der Waals surface area contributed by atoms with E-state index in [1.165, 1.54) is 18.4 Å². The Morgan fingerprint density at radius 2 is 1.90 bits per heavy atom. The molecule has 1 aromatic rings. The van der Waals surface area contributed by atoms with Crippen molar-refractivity contribution in [2.75, 3.05) is 13.2 Å². The van der Waals surface area contributed by atoms with Crippen molar-refractivity contribution in [3.63, 3.8) is 0 Å². The van der Waals surface area contributed by atoms with Crippen LogP contribution in [0, 0.1) is 5.92 Å². The topological polar surface area (TPSA) is 32.3 Å². The van der Waals surface area contributed by atoms with E-state index in [2.05, 4.69) is 49.5 Å². The fraction of sp³-hybridized carbons (Fsp3) is 0.667. The first-order valence-corrected chi connectivity index (χ1v) is 8.06. The molecule has 2 N–H and O–H groups in total. The highest BCUT2D eigenvalue weighted by atomic mass is 16.3. The molecular weight excluding hydrogens is 246 g/mol. The van der Waals surface area contributed by atoms with Gasteiger partial charge in [-0.15, -0.1) is 0 Å². The molecule has 1 atom stereocenters. The fourth-order valence-electron chi connectivity index (χ4n) is 3.21. The quantitative estimate of drug-likeness (QED) is 0.829. The third-order valence-electron chi connectivity index (χ3n) is 4.98. The van der Waals surface area contributed by atoms with Gasteiger partial charge in [0.2, 0.25) is 0 Å². The van der Waals surface area contributed by atoms with Gasteiger partial charge in [-0.05, 0) is 56.0 Å². The van der Waals surface area contributed by atoms with Crippen LogP contribution in [0.1, 0.15) is 57.4 Å². The molecule has 0 saturated heterocycles. The Labute approximate surface area is 123 Å². The van der Waals surface area contributed by atoms with Crippen molar-refractivity contribution in [1.82, 2.24) is 5.32 Å². The minimum Gasteiger partial charge on any atom is -0.394 e. The van der Waals surface area contributed by atoms with Crippen LogP contribution >= 0.6 is 0 Å². The molecule has 1 fully saturated rings. The minimum atomic E-state index is -0.0110. The van der Waals surface area contributed by atoms with Gasteiger partial charge >= 0.3 is 0 Å². The first-order valence-electron chi connectivity index (χ1n) is 8.06. The van der Waals surface area contributed by atoms with E-state index in [-0.39, 0.29) is 12.1 Å². The largest absolute Gasteiger partial charge is 0.394 e. The summed E-state index contributed by atoms with van der Waals surface area (Å²) in [4.78, 5) is 0. The molecular formula is C18H29NO. The molecule has 0 aliphatic heterocycles. The summed E-state index contributed by atoms with van der Waals surface area (Å²) in [6, 6.07) is 10.7. The maximum atomic E-state index is 9.75. The molecule has 1 aromatic carbocycles. The molecule has 0 radical (unpaired) electrons. The van der Waals surface area contributed by atoms with Gasteiger partial charge in [0.1, 0.15) is 0 Å². The van der Waals surface area contributed by atoms with Gasteiger partial charge in [-0.25, -0.2) is 0 Å². The van der Waals surface area contributed by atoms with Crippen molar-refractivity contribution in [2.45, 2.75) is 57.4 Å². The number of rotatable bonds is 6. The monoisotopic (exact) mass is 275 g/mol. The van der Waals surface area contributed by atoms with Crippen LogP contribution in [-0.4, -0.2) is 23.8 Å². The van der Waals surface area contributed by atoms with Crippen LogP contribution in [0.25, 0.3) is 0 Å². The molecule has 1 unspecified atom stereocenters. The van der Waals surface area contributed by atoms with E-state index in [9.17, 15) is 5.11 Å². The summed E-state index contributed by atoms with van der Waals surface area (Å²) < 4.78 is 0. The summed E-state index contributed by atoms with van der Waals surface area (Å²) in [5.41, 5.74) is 1.40. The number of hydrogen-bond donors (Lipinski definition) is 2. The Hall–Kier alpha value is -0.860. The normalized spacial score (nSPS) is 28.2. The highest BCUT2D eigenvalue weighted by Gasteiger charge is 2.32. The summed E-state index contributed by atoms with van der Waals surface area (Å²) >= 11 is 0. The van der Waals surface area contributed by atoms with Gasteiger partial charge in [0.05, 0.1) is 6.61 Å². The summed E-state index contributed by atoms with van der Waals surface area (Å²) in [6.07, 6.45) is 5.83. The van der Waals surface area contributed by atoms with Crippen LogP contribution in [0.5, 0.6) is 0 Å². The van der Waals surface area contributed by atoms with E-state index >= 15 is 0 Å². The first kappa shape index (κ1) is 15.5. The molecule has 1 saturated carbocycles. The zero-order valence-electron chi connectivity index (χ0n) is 12.9. The Balaban J connectivity index is 1.79. The molecule has 0 bridgehead atoms. The van der Waals surface area contributed by atoms with Gasteiger partial charge in [-0.1, -0.05) is 44.2 Å². The van der Waals surface area contributed by atoms with Crippen molar-refractivity contribution in [1.29, 1.82) is 0 Å². The van der Waals surface area contributed by atoms with E-state index in [1.807, 2.05) is 0 Å². The van der Waals surface area contributed by atoms with Crippen molar-refractivity contribution in [3.05, 3.63) is 35.9 Å². The summed E-state index contributed by atoms with van der Waals surface area (Å²) in [5, 5.41) is 13.4. The van der Waals surface area contributed by atoms with Gasteiger partial charge in [-0.2, -0.15) is 0 Å². The smallest absolute Gasteiger partial charge is 0.0613 e. The third-order valence-corrected chi connectivity index (χ3v) is 4.98. The zero-order chi connectivity index (χ0) is 14.4. The molecule has 20 heavy (non-hydrogen) atoms. The van der Waals surface area contributed by atoms with E-state index in [1.54, 1.807) is 0 Å². The lowest BCUT2D eigenvalue weighted by Gasteiger charge is -2.39. The van der Waals surface area contributed by atoms with Crippen LogP contribution in [0.2, 0.25) is 0 Å². The molecule has 2 heteroatoms. The molecule has 2 nitrogen and oxygen atoms in total. The highest BCUT2D eigenvalue weighted by molar-refractivity contribution is 5.18. The lowest BCUT2D eigenvalue weighted by molar-refractivity contribution is 0.105. The zero-order valence-corrected chi connectivity index (χ0v) is 12.9. The van der Waals surface area contributed by atoms with Crippen molar-refractivity contribution >= 4 is 0 Å². The predicted octanol–water partition coefficient (Wildman–Crippen LogP) is 3.71. The SMILES string of the molecule is CC1CCC(CO)(NCCC(C)c2ccccc2)CC1. The standard InChI is InChI=1S/C18H29NO/c1-15-8-11-18(14-20,12-9-15)19-13-10-16(2)17-6-4-3-5-7-17/h3-7,15-16,19-20H,8-14H2,1-2H3. The highest BCUT2D eigenvalue weighted by Crippen LogP contribution is 2.31. The second-order valence-electron chi connectivity index (χ2n) is 6.65. The Morgan fingerprint density at radius 1 is 1.25 bits per heavy atom. The van der Waals surface area contributed by atoms with Gasteiger partial charge in [0.15, 0.2) is 0 Å². The minimum absolute atomic E-state index is 0.0110.